The highest BCUT2D eigenvalue weighted by Gasteiger charge is 2.20. The van der Waals surface area contributed by atoms with Crippen molar-refractivity contribution < 1.29 is 4.79 Å². The maximum Gasteiger partial charge on any atom is 0.253 e. The van der Waals surface area contributed by atoms with Crippen molar-refractivity contribution in [1.29, 1.82) is 0 Å². The van der Waals surface area contributed by atoms with Gasteiger partial charge >= 0.3 is 0 Å². The van der Waals surface area contributed by atoms with E-state index in [0.717, 1.165) is 45.9 Å². The first-order valence-corrected chi connectivity index (χ1v) is 9.69. The van der Waals surface area contributed by atoms with E-state index in [1.807, 2.05) is 30.1 Å². The van der Waals surface area contributed by atoms with Crippen LogP contribution in [0.1, 0.15) is 21.6 Å². The van der Waals surface area contributed by atoms with Crippen LogP contribution in [0.2, 0.25) is 0 Å². The van der Waals surface area contributed by atoms with Crippen molar-refractivity contribution >= 4 is 17.7 Å². The van der Waals surface area contributed by atoms with Gasteiger partial charge in [-0.15, -0.1) is 0 Å². The molecule has 0 atom stereocenters. The van der Waals surface area contributed by atoms with Gasteiger partial charge in [0.05, 0.1) is 11.3 Å². The summed E-state index contributed by atoms with van der Waals surface area (Å²) in [5, 5.41) is 2.89. The number of fused-ring (bicyclic) bond motifs is 1. The molecule has 0 aliphatic carbocycles. The van der Waals surface area contributed by atoms with Gasteiger partial charge in [-0.2, -0.15) is 11.8 Å². The SMILES string of the molecule is CSCc1cccc(-c2cc(-c3cc4c([nH]3)CCNC4=O)ccn2)c1. The highest BCUT2D eigenvalue weighted by Crippen LogP contribution is 2.27. The van der Waals surface area contributed by atoms with Crippen LogP contribution in [0.4, 0.5) is 0 Å². The van der Waals surface area contributed by atoms with Gasteiger partial charge in [-0.05, 0) is 36.1 Å². The van der Waals surface area contributed by atoms with Crippen LogP contribution in [0.25, 0.3) is 22.5 Å². The Kier molecular flexibility index (Phi) is 4.32. The number of benzene rings is 1. The van der Waals surface area contributed by atoms with Crippen LogP contribution >= 0.6 is 11.8 Å². The summed E-state index contributed by atoms with van der Waals surface area (Å²) in [7, 11) is 0. The van der Waals surface area contributed by atoms with Crippen LogP contribution in [0.3, 0.4) is 0 Å². The van der Waals surface area contributed by atoms with Gasteiger partial charge in [0.15, 0.2) is 0 Å². The van der Waals surface area contributed by atoms with E-state index in [-0.39, 0.29) is 5.91 Å². The second kappa shape index (κ2) is 6.76. The Morgan fingerprint density at radius 3 is 2.92 bits per heavy atom. The van der Waals surface area contributed by atoms with Crippen LogP contribution in [0.5, 0.6) is 0 Å². The Morgan fingerprint density at radius 1 is 1.16 bits per heavy atom. The third-order valence-electron chi connectivity index (χ3n) is 4.41. The summed E-state index contributed by atoms with van der Waals surface area (Å²) in [6.07, 6.45) is 4.77. The monoisotopic (exact) mass is 349 g/mol. The fourth-order valence-corrected chi connectivity index (χ4v) is 3.70. The molecule has 1 aliphatic heterocycles. The van der Waals surface area contributed by atoms with E-state index in [0.29, 0.717) is 6.54 Å². The quantitative estimate of drug-likeness (QED) is 0.751. The predicted molar refractivity (Wildman–Crippen MR) is 103 cm³/mol. The number of pyridine rings is 1. The average molecular weight is 349 g/mol. The fourth-order valence-electron chi connectivity index (χ4n) is 3.19. The molecule has 4 nitrogen and oxygen atoms in total. The number of H-pyrrole nitrogens is 1. The number of carbonyl (C=O) groups is 1. The maximum atomic E-state index is 12.0. The normalized spacial score (nSPS) is 13.4. The third kappa shape index (κ3) is 3.20. The summed E-state index contributed by atoms with van der Waals surface area (Å²) in [5.74, 6) is 0.995. The van der Waals surface area contributed by atoms with Gasteiger partial charge < -0.3 is 10.3 Å². The molecule has 0 radical (unpaired) electrons. The lowest BCUT2D eigenvalue weighted by Crippen LogP contribution is -2.31. The summed E-state index contributed by atoms with van der Waals surface area (Å²) in [4.78, 5) is 19.9. The first-order chi connectivity index (χ1) is 12.2. The Balaban J connectivity index is 1.70. The molecule has 1 aromatic carbocycles. The molecule has 2 aromatic heterocycles. The third-order valence-corrected chi connectivity index (χ3v) is 5.03. The molecule has 0 bridgehead atoms. The lowest BCUT2D eigenvalue weighted by Gasteiger charge is -2.11. The summed E-state index contributed by atoms with van der Waals surface area (Å²) in [6.45, 7) is 0.690. The van der Waals surface area contributed by atoms with Gasteiger partial charge in [0.2, 0.25) is 0 Å². The zero-order chi connectivity index (χ0) is 17.2. The largest absolute Gasteiger partial charge is 0.358 e. The van der Waals surface area contributed by atoms with Crippen molar-refractivity contribution in [1.82, 2.24) is 15.3 Å². The van der Waals surface area contributed by atoms with E-state index in [2.05, 4.69) is 51.9 Å². The van der Waals surface area contributed by atoms with Crippen molar-refractivity contribution in [2.75, 3.05) is 12.8 Å². The molecule has 0 saturated heterocycles. The fraction of sp³-hybridized carbons (Fsp3) is 0.200. The molecule has 0 spiro atoms. The van der Waals surface area contributed by atoms with E-state index >= 15 is 0 Å². The Bertz CT molecular complexity index is 932. The van der Waals surface area contributed by atoms with Crippen LogP contribution in [-0.2, 0) is 12.2 Å². The second-order valence-electron chi connectivity index (χ2n) is 6.14. The summed E-state index contributed by atoms with van der Waals surface area (Å²) in [5.41, 5.74) is 7.12. The minimum atomic E-state index is 0.00259. The molecule has 4 rings (SSSR count). The Labute approximate surface area is 151 Å². The highest BCUT2D eigenvalue weighted by molar-refractivity contribution is 7.97. The first-order valence-electron chi connectivity index (χ1n) is 8.29. The van der Waals surface area contributed by atoms with Crippen LogP contribution < -0.4 is 5.32 Å². The highest BCUT2D eigenvalue weighted by atomic mass is 32.2. The zero-order valence-electron chi connectivity index (χ0n) is 14.0. The first kappa shape index (κ1) is 16.0. The number of hydrogen-bond donors (Lipinski definition) is 2. The molecule has 5 heteroatoms. The number of nitrogens with one attached hydrogen (secondary N) is 2. The van der Waals surface area contributed by atoms with Gasteiger partial charge in [0.25, 0.3) is 5.91 Å². The minimum absolute atomic E-state index is 0.00259. The van der Waals surface area contributed by atoms with Crippen LogP contribution in [-0.4, -0.2) is 28.7 Å². The lowest BCUT2D eigenvalue weighted by molar-refractivity contribution is 0.0946. The van der Waals surface area contributed by atoms with Crippen LogP contribution in [0.15, 0.2) is 48.7 Å². The van der Waals surface area contributed by atoms with Gasteiger partial charge in [-0.25, -0.2) is 0 Å². The van der Waals surface area contributed by atoms with E-state index in [4.69, 9.17) is 0 Å². The van der Waals surface area contributed by atoms with E-state index in [1.54, 1.807) is 0 Å². The van der Waals surface area contributed by atoms with Crippen molar-refractivity contribution in [3.63, 3.8) is 0 Å². The van der Waals surface area contributed by atoms with Gasteiger partial charge in [0.1, 0.15) is 0 Å². The molecule has 0 unspecified atom stereocenters. The van der Waals surface area contributed by atoms with Gasteiger partial charge in [-0.3, -0.25) is 9.78 Å². The number of aromatic amines is 1. The molecule has 1 aliphatic rings. The standard InChI is InChI=1S/C20H19N3OS/c1-25-12-13-3-2-4-14(9-13)18-10-15(5-7-21-18)19-11-16-17(23-19)6-8-22-20(16)24/h2-5,7,9-11,23H,6,8,12H2,1H3,(H,22,24). The van der Waals surface area contributed by atoms with E-state index in [9.17, 15) is 4.79 Å². The molecule has 126 valence electrons. The summed E-state index contributed by atoms with van der Waals surface area (Å²) < 4.78 is 0. The van der Waals surface area contributed by atoms with Gasteiger partial charge in [0, 0.05) is 47.4 Å². The number of rotatable bonds is 4. The number of amides is 1. The van der Waals surface area contributed by atoms with Crippen LogP contribution in [0, 0.1) is 0 Å². The van der Waals surface area contributed by atoms with E-state index < -0.39 is 0 Å². The molecule has 1 amide bonds. The van der Waals surface area contributed by atoms with Gasteiger partial charge in [-0.1, -0.05) is 18.2 Å². The number of hydrogen-bond acceptors (Lipinski definition) is 3. The summed E-state index contributed by atoms with van der Waals surface area (Å²) in [6, 6.07) is 14.5. The molecule has 0 saturated carbocycles. The summed E-state index contributed by atoms with van der Waals surface area (Å²) >= 11 is 1.81. The Morgan fingerprint density at radius 2 is 2.08 bits per heavy atom. The number of nitrogens with zero attached hydrogens (tertiary/aromatic N) is 1. The number of aromatic nitrogens is 2. The Hall–Kier alpha value is -2.53. The van der Waals surface area contributed by atoms with Crippen molar-refractivity contribution in [3.8, 4) is 22.5 Å². The number of carbonyl (C=O) groups excluding carboxylic acids is 1. The number of thioether (sulfide) groups is 1. The van der Waals surface area contributed by atoms with Crippen molar-refractivity contribution in [2.45, 2.75) is 12.2 Å². The predicted octanol–water partition coefficient (Wildman–Crippen LogP) is 3.89. The molecule has 3 aromatic rings. The molecule has 25 heavy (non-hydrogen) atoms. The molecule has 3 heterocycles. The average Bonchev–Trinajstić information content (AvgIpc) is 3.08. The van der Waals surface area contributed by atoms with Crippen molar-refractivity contribution in [2.24, 2.45) is 0 Å². The molecular formula is C20H19N3OS. The minimum Gasteiger partial charge on any atom is -0.358 e. The van der Waals surface area contributed by atoms with E-state index in [1.165, 1.54) is 5.56 Å². The molecule has 2 N–H and O–H groups in total. The second-order valence-corrected chi connectivity index (χ2v) is 7.01. The zero-order valence-corrected chi connectivity index (χ0v) is 14.8. The molecule has 0 fully saturated rings. The smallest absolute Gasteiger partial charge is 0.253 e. The molecular weight excluding hydrogens is 330 g/mol. The maximum absolute atomic E-state index is 12.0. The topological polar surface area (TPSA) is 57.8 Å². The van der Waals surface area contributed by atoms with Crippen molar-refractivity contribution in [3.05, 3.63) is 65.5 Å². The lowest BCUT2D eigenvalue weighted by atomic mass is 10.0.